The van der Waals surface area contributed by atoms with E-state index in [0.717, 1.165) is 6.42 Å². The Balaban J connectivity index is 2.69. The summed E-state index contributed by atoms with van der Waals surface area (Å²) < 4.78 is 10.8. The van der Waals surface area contributed by atoms with Gasteiger partial charge in [-0.25, -0.2) is 0 Å². The van der Waals surface area contributed by atoms with Crippen LogP contribution in [0.25, 0.3) is 0 Å². The zero-order valence-electron chi connectivity index (χ0n) is 10.1. The normalized spacial score (nSPS) is 36.8. The number of hydrogen-bond acceptors (Lipinski definition) is 5. The molecule has 0 aliphatic carbocycles. The fraction of sp³-hybridized carbons (Fsp3) is 1.00. The highest BCUT2D eigenvalue weighted by atomic mass is 16.7. The summed E-state index contributed by atoms with van der Waals surface area (Å²) in [5.41, 5.74) is -1.48. The Morgan fingerprint density at radius 1 is 1.50 bits per heavy atom. The van der Waals surface area contributed by atoms with Crippen LogP contribution >= 0.6 is 0 Å². The Morgan fingerprint density at radius 3 is 2.62 bits per heavy atom. The zero-order chi connectivity index (χ0) is 12.3. The molecule has 0 aromatic heterocycles. The molecule has 1 heterocycles. The number of hydrogen-bond donors (Lipinski definition) is 3. The second-order valence-corrected chi connectivity index (χ2v) is 4.58. The van der Waals surface area contributed by atoms with Gasteiger partial charge in [-0.2, -0.15) is 0 Å². The zero-order valence-corrected chi connectivity index (χ0v) is 10.1. The van der Waals surface area contributed by atoms with Crippen molar-refractivity contribution in [1.82, 2.24) is 0 Å². The van der Waals surface area contributed by atoms with Crippen molar-refractivity contribution in [2.75, 3.05) is 6.61 Å². The second-order valence-electron chi connectivity index (χ2n) is 4.58. The fourth-order valence-corrected chi connectivity index (χ4v) is 1.74. The standard InChI is InChI=1S/C11H22O5/c1-4-5-9-15-6-8(13)10(16-9)11(3,14)7(2)12/h7-10,12-14H,4-6H2,1-3H3/t7-,8+,9+,10+,11+/m0/s1. The summed E-state index contributed by atoms with van der Waals surface area (Å²) in [5, 5.41) is 29.3. The van der Waals surface area contributed by atoms with E-state index in [1.165, 1.54) is 13.8 Å². The van der Waals surface area contributed by atoms with Crippen LogP contribution < -0.4 is 0 Å². The van der Waals surface area contributed by atoms with E-state index >= 15 is 0 Å². The van der Waals surface area contributed by atoms with E-state index in [1.807, 2.05) is 6.92 Å². The third-order valence-corrected chi connectivity index (χ3v) is 3.05. The highest BCUT2D eigenvalue weighted by molar-refractivity contribution is 4.93. The maximum Gasteiger partial charge on any atom is 0.158 e. The number of aliphatic hydroxyl groups excluding tert-OH is 2. The molecule has 0 aromatic carbocycles. The predicted octanol–water partition coefficient (Wildman–Crippen LogP) is 0.0207. The molecule has 1 aliphatic heterocycles. The van der Waals surface area contributed by atoms with Crippen LogP contribution in [0.5, 0.6) is 0 Å². The van der Waals surface area contributed by atoms with Crippen molar-refractivity contribution in [2.24, 2.45) is 0 Å². The van der Waals surface area contributed by atoms with E-state index < -0.39 is 30.2 Å². The van der Waals surface area contributed by atoms with Gasteiger partial charge in [0.1, 0.15) is 17.8 Å². The molecule has 1 saturated heterocycles. The molecule has 1 rings (SSSR count). The minimum absolute atomic E-state index is 0.123. The van der Waals surface area contributed by atoms with Gasteiger partial charge in [0.05, 0.1) is 12.7 Å². The summed E-state index contributed by atoms with van der Waals surface area (Å²) in [4.78, 5) is 0. The first-order chi connectivity index (χ1) is 7.39. The van der Waals surface area contributed by atoms with Crippen molar-refractivity contribution in [1.29, 1.82) is 0 Å². The summed E-state index contributed by atoms with van der Waals surface area (Å²) in [6.07, 6.45) is -1.53. The first-order valence-electron chi connectivity index (χ1n) is 5.75. The van der Waals surface area contributed by atoms with Crippen molar-refractivity contribution >= 4 is 0 Å². The Bertz CT molecular complexity index is 216. The molecule has 5 heteroatoms. The van der Waals surface area contributed by atoms with E-state index in [0.29, 0.717) is 6.42 Å². The largest absolute Gasteiger partial charge is 0.390 e. The molecule has 0 radical (unpaired) electrons. The number of rotatable bonds is 4. The van der Waals surface area contributed by atoms with Crippen LogP contribution in [0.3, 0.4) is 0 Å². The molecule has 0 saturated carbocycles. The molecule has 0 spiro atoms. The molecule has 5 atom stereocenters. The molecule has 0 bridgehead atoms. The molecular weight excluding hydrogens is 212 g/mol. The molecule has 96 valence electrons. The van der Waals surface area contributed by atoms with Crippen molar-refractivity contribution in [3.8, 4) is 0 Å². The lowest BCUT2D eigenvalue weighted by Crippen LogP contribution is -2.59. The third kappa shape index (κ3) is 2.93. The molecule has 1 aliphatic rings. The molecule has 1 fully saturated rings. The van der Waals surface area contributed by atoms with Gasteiger partial charge in [-0.05, 0) is 20.3 Å². The lowest BCUT2D eigenvalue weighted by Gasteiger charge is -2.42. The minimum Gasteiger partial charge on any atom is -0.390 e. The van der Waals surface area contributed by atoms with Gasteiger partial charge in [-0.1, -0.05) is 13.3 Å². The SMILES string of the molecule is CCC[C@@H]1OC[C@@H](O)[C@H]([C@](C)(O)[C@H](C)O)O1. The average Bonchev–Trinajstić information content (AvgIpc) is 2.20. The van der Waals surface area contributed by atoms with Gasteiger partial charge in [0.15, 0.2) is 6.29 Å². The van der Waals surface area contributed by atoms with Crippen LogP contribution in [0, 0.1) is 0 Å². The van der Waals surface area contributed by atoms with E-state index in [4.69, 9.17) is 9.47 Å². The van der Waals surface area contributed by atoms with Crippen LogP contribution in [0.1, 0.15) is 33.6 Å². The van der Waals surface area contributed by atoms with Crippen LogP contribution in [-0.2, 0) is 9.47 Å². The summed E-state index contributed by atoms with van der Waals surface area (Å²) in [6, 6.07) is 0. The van der Waals surface area contributed by atoms with Gasteiger partial charge in [-0.15, -0.1) is 0 Å². The monoisotopic (exact) mass is 234 g/mol. The smallest absolute Gasteiger partial charge is 0.158 e. The molecule has 0 aromatic rings. The second kappa shape index (κ2) is 5.42. The topological polar surface area (TPSA) is 79.2 Å². The van der Waals surface area contributed by atoms with Crippen LogP contribution in [0.15, 0.2) is 0 Å². The molecular formula is C11H22O5. The highest BCUT2D eigenvalue weighted by Crippen LogP contribution is 2.27. The maximum absolute atomic E-state index is 10.1. The predicted molar refractivity (Wildman–Crippen MR) is 57.8 cm³/mol. The van der Waals surface area contributed by atoms with Gasteiger partial charge < -0.3 is 24.8 Å². The Labute approximate surface area is 96.0 Å². The minimum atomic E-state index is -1.48. The number of ether oxygens (including phenoxy) is 2. The quantitative estimate of drug-likeness (QED) is 0.639. The average molecular weight is 234 g/mol. The highest BCUT2D eigenvalue weighted by Gasteiger charge is 2.45. The summed E-state index contributed by atoms with van der Waals surface area (Å²) >= 11 is 0. The maximum atomic E-state index is 10.1. The first kappa shape index (κ1) is 13.9. The fourth-order valence-electron chi connectivity index (χ4n) is 1.74. The molecule has 3 N–H and O–H groups in total. The van der Waals surface area contributed by atoms with Crippen molar-refractivity contribution in [3.63, 3.8) is 0 Å². The summed E-state index contributed by atoms with van der Waals surface area (Å²) in [6.45, 7) is 5.05. The van der Waals surface area contributed by atoms with E-state index in [9.17, 15) is 15.3 Å². The molecule has 0 amide bonds. The van der Waals surface area contributed by atoms with E-state index in [2.05, 4.69) is 0 Å². The first-order valence-corrected chi connectivity index (χ1v) is 5.75. The van der Waals surface area contributed by atoms with Crippen molar-refractivity contribution in [3.05, 3.63) is 0 Å². The van der Waals surface area contributed by atoms with Gasteiger partial charge in [0, 0.05) is 0 Å². The molecule has 16 heavy (non-hydrogen) atoms. The Morgan fingerprint density at radius 2 is 2.12 bits per heavy atom. The molecule has 5 nitrogen and oxygen atoms in total. The Kier molecular flexibility index (Phi) is 4.70. The van der Waals surface area contributed by atoms with Crippen LogP contribution in [-0.4, -0.2) is 52.1 Å². The molecule has 0 unspecified atom stereocenters. The van der Waals surface area contributed by atoms with Crippen molar-refractivity contribution < 1.29 is 24.8 Å². The van der Waals surface area contributed by atoms with E-state index in [1.54, 1.807) is 0 Å². The van der Waals surface area contributed by atoms with Gasteiger partial charge in [-0.3, -0.25) is 0 Å². The summed E-state index contributed by atoms with van der Waals surface area (Å²) in [5.74, 6) is 0. The third-order valence-electron chi connectivity index (χ3n) is 3.05. The number of aliphatic hydroxyl groups is 3. The lowest BCUT2D eigenvalue weighted by molar-refractivity contribution is -0.300. The van der Waals surface area contributed by atoms with Crippen LogP contribution in [0.4, 0.5) is 0 Å². The van der Waals surface area contributed by atoms with Gasteiger partial charge in [0.25, 0.3) is 0 Å². The van der Waals surface area contributed by atoms with E-state index in [-0.39, 0.29) is 6.61 Å². The Hall–Kier alpha value is -0.200. The lowest BCUT2D eigenvalue weighted by atomic mass is 9.89. The van der Waals surface area contributed by atoms with Gasteiger partial charge in [0.2, 0.25) is 0 Å². The van der Waals surface area contributed by atoms with Crippen LogP contribution in [0.2, 0.25) is 0 Å². The van der Waals surface area contributed by atoms with Gasteiger partial charge >= 0.3 is 0 Å². The van der Waals surface area contributed by atoms with Crippen molar-refractivity contribution in [2.45, 2.75) is 63.8 Å². The summed E-state index contributed by atoms with van der Waals surface area (Å²) in [7, 11) is 0.